The number of benzene rings is 1. The molecule has 0 bridgehead atoms. The lowest BCUT2D eigenvalue weighted by Gasteiger charge is -2.05. The Morgan fingerprint density at radius 2 is 1.95 bits per heavy atom. The van der Waals surface area contributed by atoms with Crippen molar-refractivity contribution in [3.05, 3.63) is 29.8 Å². The van der Waals surface area contributed by atoms with Crippen molar-refractivity contribution in [3.8, 4) is 0 Å². The molecule has 1 amide bonds. The highest BCUT2D eigenvalue weighted by Gasteiger charge is 2.06. The number of unbranched alkanes of at least 4 members (excludes halogenated alkanes) is 1. The van der Waals surface area contributed by atoms with E-state index >= 15 is 0 Å². The summed E-state index contributed by atoms with van der Waals surface area (Å²) in [6.07, 6.45) is 1.18. The van der Waals surface area contributed by atoms with E-state index in [1.165, 1.54) is 6.07 Å². The summed E-state index contributed by atoms with van der Waals surface area (Å²) in [5.41, 5.74) is 0. The smallest absolute Gasteiger partial charge is 0.303 e. The number of carboxylic acids is 1. The number of rotatable bonds is 8. The molecule has 0 aliphatic carbocycles. The number of halogens is 2. The van der Waals surface area contributed by atoms with Gasteiger partial charge in [0.2, 0.25) is 5.91 Å². The van der Waals surface area contributed by atoms with Crippen LogP contribution in [-0.2, 0) is 9.59 Å². The molecule has 0 atom stereocenters. The topological polar surface area (TPSA) is 66.4 Å². The predicted molar refractivity (Wildman–Crippen MR) is 71.6 cm³/mol. The number of thioether (sulfide) groups is 1. The third-order valence-corrected chi connectivity index (χ3v) is 3.39. The van der Waals surface area contributed by atoms with Gasteiger partial charge in [-0.1, -0.05) is 0 Å². The van der Waals surface area contributed by atoms with Gasteiger partial charge in [-0.15, -0.1) is 11.8 Å². The summed E-state index contributed by atoms with van der Waals surface area (Å²) >= 11 is 1.11. The Bertz CT molecular complexity index is 483. The van der Waals surface area contributed by atoms with Gasteiger partial charge in [-0.2, -0.15) is 0 Å². The Balaban J connectivity index is 2.19. The van der Waals surface area contributed by atoms with Crippen molar-refractivity contribution < 1.29 is 23.5 Å². The molecule has 1 aromatic rings. The third-order valence-electron chi connectivity index (χ3n) is 2.40. The molecule has 1 rings (SSSR count). The summed E-state index contributed by atoms with van der Waals surface area (Å²) in [7, 11) is 0. The van der Waals surface area contributed by atoms with E-state index in [2.05, 4.69) is 5.32 Å². The van der Waals surface area contributed by atoms with E-state index in [1.54, 1.807) is 0 Å². The standard InChI is InChI=1S/C13H15F2NO3S/c14-10-5-4-9(7-11(10)15)20-8-12(17)16-6-2-1-3-13(18)19/h4-5,7H,1-3,6,8H2,(H,16,17)(H,18,19). The molecule has 0 heterocycles. The summed E-state index contributed by atoms with van der Waals surface area (Å²) in [5.74, 6) is -2.84. The van der Waals surface area contributed by atoms with E-state index in [9.17, 15) is 18.4 Å². The van der Waals surface area contributed by atoms with E-state index in [4.69, 9.17) is 5.11 Å². The number of aliphatic carboxylic acids is 1. The normalized spacial score (nSPS) is 10.3. The quantitative estimate of drug-likeness (QED) is 0.572. The van der Waals surface area contributed by atoms with Gasteiger partial charge in [0.1, 0.15) is 0 Å². The van der Waals surface area contributed by atoms with Crippen LogP contribution in [0.1, 0.15) is 19.3 Å². The first-order chi connectivity index (χ1) is 9.49. The second kappa shape index (κ2) is 8.52. The van der Waals surface area contributed by atoms with E-state index in [-0.39, 0.29) is 18.1 Å². The molecule has 0 saturated heterocycles. The van der Waals surface area contributed by atoms with Crippen molar-refractivity contribution in [1.82, 2.24) is 5.32 Å². The lowest BCUT2D eigenvalue weighted by Crippen LogP contribution is -2.26. The molecule has 0 aliphatic heterocycles. The number of hydrogen-bond acceptors (Lipinski definition) is 3. The summed E-state index contributed by atoms with van der Waals surface area (Å²) in [4.78, 5) is 22.2. The maximum atomic E-state index is 12.9. The molecule has 2 N–H and O–H groups in total. The van der Waals surface area contributed by atoms with Crippen LogP contribution in [-0.4, -0.2) is 29.3 Å². The molecule has 0 saturated carbocycles. The molecule has 110 valence electrons. The van der Waals surface area contributed by atoms with Crippen LogP contribution < -0.4 is 5.32 Å². The van der Waals surface area contributed by atoms with Crippen LogP contribution in [0.5, 0.6) is 0 Å². The first kappa shape index (κ1) is 16.4. The first-order valence-electron chi connectivity index (χ1n) is 6.05. The van der Waals surface area contributed by atoms with Crippen LogP contribution >= 0.6 is 11.8 Å². The SMILES string of the molecule is O=C(O)CCCCNC(=O)CSc1ccc(F)c(F)c1. The van der Waals surface area contributed by atoms with Crippen LogP contribution in [0, 0.1) is 11.6 Å². The van der Waals surface area contributed by atoms with Gasteiger partial charge in [0.25, 0.3) is 0 Å². The second-order valence-electron chi connectivity index (χ2n) is 4.07. The van der Waals surface area contributed by atoms with Crippen molar-refractivity contribution in [2.75, 3.05) is 12.3 Å². The van der Waals surface area contributed by atoms with Gasteiger partial charge < -0.3 is 10.4 Å². The highest BCUT2D eigenvalue weighted by Crippen LogP contribution is 2.19. The minimum Gasteiger partial charge on any atom is -0.481 e. The second-order valence-corrected chi connectivity index (χ2v) is 5.11. The molecule has 0 fully saturated rings. The number of hydrogen-bond donors (Lipinski definition) is 2. The van der Waals surface area contributed by atoms with Crippen LogP contribution in [0.4, 0.5) is 8.78 Å². The predicted octanol–water partition coefficient (Wildman–Crippen LogP) is 2.43. The minimum atomic E-state index is -0.941. The van der Waals surface area contributed by atoms with Gasteiger partial charge in [0.05, 0.1) is 5.75 Å². The third kappa shape index (κ3) is 6.51. The molecule has 0 unspecified atom stereocenters. The van der Waals surface area contributed by atoms with Gasteiger partial charge in [-0.25, -0.2) is 8.78 Å². The Morgan fingerprint density at radius 1 is 1.20 bits per heavy atom. The van der Waals surface area contributed by atoms with Crippen LogP contribution in [0.2, 0.25) is 0 Å². The van der Waals surface area contributed by atoms with Gasteiger partial charge in [-0.3, -0.25) is 9.59 Å². The van der Waals surface area contributed by atoms with Gasteiger partial charge in [-0.05, 0) is 31.0 Å². The Hall–Kier alpha value is -1.63. The molecular weight excluding hydrogens is 288 g/mol. The fourth-order valence-corrected chi connectivity index (χ4v) is 2.15. The maximum absolute atomic E-state index is 12.9. The molecule has 0 spiro atoms. The fourth-order valence-electron chi connectivity index (χ4n) is 1.40. The van der Waals surface area contributed by atoms with Crippen molar-refractivity contribution >= 4 is 23.6 Å². The zero-order valence-electron chi connectivity index (χ0n) is 10.7. The monoisotopic (exact) mass is 303 g/mol. The largest absolute Gasteiger partial charge is 0.481 e. The van der Waals surface area contributed by atoms with Crippen molar-refractivity contribution in [2.45, 2.75) is 24.2 Å². The van der Waals surface area contributed by atoms with Gasteiger partial charge in [0.15, 0.2) is 11.6 Å². The van der Waals surface area contributed by atoms with Crippen molar-refractivity contribution in [1.29, 1.82) is 0 Å². The van der Waals surface area contributed by atoms with Crippen LogP contribution in [0.15, 0.2) is 23.1 Å². The van der Waals surface area contributed by atoms with Gasteiger partial charge >= 0.3 is 5.97 Å². The van der Waals surface area contributed by atoms with Crippen LogP contribution in [0.25, 0.3) is 0 Å². The number of carbonyl (C=O) groups is 2. The average Bonchev–Trinajstić information content (AvgIpc) is 2.39. The lowest BCUT2D eigenvalue weighted by atomic mass is 10.2. The maximum Gasteiger partial charge on any atom is 0.303 e. The molecule has 4 nitrogen and oxygen atoms in total. The van der Waals surface area contributed by atoms with Crippen molar-refractivity contribution in [3.63, 3.8) is 0 Å². The van der Waals surface area contributed by atoms with Gasteiger partial charge in [0, 0.05) is 17.9 Å². The fraction of sp³-hybridized carbons (Fsp3) is 0.385. The van der Waals surface area contributed by atoms with E-state index in [0.29, 0.717) is 24.3 Å². The zero-order valence-corrected chi connectivity index (χ0v) is 11.5. The summed E-state index contributed by atoms with van der Waals surface area (Å²) in [6.45, 7) is 0.407. The molecule has 7 heteroatoms. The van der Waals surface area contributed by atoms with Crippen LogP contribution in [0.3, 0.4) is 0 Å². The summed E-state index contributed by atoms with van der Waals surface area (Å²) in [5, 5.41) is 11.1. The molecule has 20 heavy (non-hydrogen) atoms. The highest BCUT2D eigenvalue weighted by atomic mass is 32.2. The summed E-state index contributed by atoms with van der Waals surface area (Å²) < 4.78 is 25.6. The lowest BCUT2D eigenvalue weighted by molar-refractivity contribution is -0.137. The number of nitrogens with one attached hydrogen (secondary N) is 1. The summed E-state index contributed by atoms with van der Waals surface area (Å²) in [6, 6.07) is 3.46. The zero-order chi connectivity index (χ0) is 15.0. The van der Waals surface area contributed by atoms with E-state index in [1.807, 2.05) is 0 Å². The number of carbonyl (C=O) groups excluding carboxylic acids is 1. The molecule has 0 radical (unpaired) electrons. The first-order valence-corrected chi connectivity index (χ1v) is 7.04. The molecule has 0 aromatic heterocycles. The Labute approximate surface area is 119 Å². The molecular formula is C13H15F2NO3S. The highest BCUT2D eigenvalue weighted by molar-refractivity contribution is 8.00. The van der Waals surface area contributed by atoms with Crippen molar-refractivity contribution in [2.24, 2.45) is 0 Å². The van der Waals surface area contributed by atoms with E-state index < -0.39 is 17.6 Å². The number of amides is 1. The Kier molecular flexibility index (Phi) is 7.00. The average molecular weight is 303 g/mol. The molecule has 0 aliphatic rings. The molecule has 1 aromatic carbocycles. The Morgan fingerprint density at radius 3 is 2.60 bits per heavy atom. The van der Waals surface area contributed by atoms with E-state index in [0.717, 1.165) is 23.9 Å². The minimum absolute atomic E-state index is 0.0828. The number of carboxylic acid groups (broad SMARTS) is 1.